The number of hydrogen-bond acceptors (Lipinski definition) is 7. The highest BCUT2D eigenvalue weighted by molar-refractivity contribution is 6.21. The Bertz CT molecular complexity index is 1340. The van der Waals surface area contributed by atoms with Crippen molar-refractivity contribution in [2.45, 2.75) is 57.9 Å². The molecule has 4 aliphatic rings. The van der Waals surface area contributed by atoms with E-state index in [1.54, 1.807) is 6.07 Å². The Morgan fingerprint density at radius 1 is 1.14 bits per heavy atom. The van der Waals surface area contributed by atoms with Crippen molar-refractivity contribution in [3.63, 3.8) is 0 Å². The number of carbonyl (C=O) groups is 4. The molecule has 4 heterocycles. The molecule has 2 fully saturated rings. The molecule has 194 valence electrons. The highest BCUT2D eigenvalue weighted by Crippen LogP contribution is 2.28. The molecule has 13 heteroatoms. The number of nitrogens with one attached hydrogen (secondary N) is 1. The van der Waals surface area contributed by atoms with Gasteiger partial charge in [-0.05, 0) is 24.3 Å². The molecule has 1 aliphatic carbocycles. The fourth-order valence-corrected chi connectivity index (χ4v) is 4.83. The van der Waals surface area contributed by atoms with Crippen LogP contribution in [0.25, 0.3) is 0 Å². The number of likely N-dealkylation sites (N-methyl/N-ethyl adjacent to an activating group) is 2. The highest BCUT2D eigenvalue weighted by Gasteiger charge is 2.50. The Morgan fingerprint density at radius 2 is 1.89 bits per heavy atom. The molecule has 13 nitrogen and oxygen atoms in total. The summed E-state index contributed by atoms with van der Waals surface area (Å²) in [6.45, 7) is 5.77. The number of carbonyl (C=O) groups excluding carboxylic acids is 4. The molecule has 5 rings (SSSR count). The van der Waals surface area contributed by atoms with Crippen molar-refractivity contribution < 1.29 is 23.8 Å². The molecule has 3 aliphatic heterocycles. The maximum atomic E-state index is 13.2. The fourth-order valence-electron chi connectivity index (χ4n) is 4.83. The lowest BCUT2D eigenvalue weighted by Gasteiger charge is -2.30. The number of anilines is 1. The minimum atomic E-state index is -0.872. The summed E-state index contributed by atoms with van der Waals surface area (Å²) >= 11 is 0. The smallest absolute Gasteiger partial charge is 0.307 e. The Kier molecular flexibility index (Phi) is 5.88. The predicted octanol–water partition coefficient (Wildman–Crippen LogP) is 0.840. The first-order chi connectivity index (χ1) is 17.5. The Morgan fingerprint density at radius 3 is 2.62 bits per heavy atom. The fraction of sp³-hybridized carbons (Fsp3) is 0.542. The van der Waals surface area contributed by atoms with Crippen LogP contribution in [-0.4, -0.2) is 98.4 Å². The quantitative estimate of drug-likeness (QED) is 0.602. The maximum Gasteiger partial charge on any atom is 0.333 e. The van der Waals surface area contributed by atoms with E-state index in [4.69, 9.17) is 0 Å². The highest BCUT2D eigenvalue weighted by atomic mass is 16.2. The van der Waals surface area contributed by atoms with E-state index in [2.05, 4.69) is 25.4 Å². The summed E-state index contributed by atoms with van der Waals surface area (Å²) in [4.78, 5) is 66.2. The van der Waals surface area contributed by atoms with E-state index in [1.807, 2.05) is 20.8 Å². The molecule has 0 radical (unpaired) electrons. The monoisotopic (exact) mass is 508 g/mol. The minimum absolute atomic E-state index is 0.131. The van der Waals surface area contributed by atoms with E-state index >= 15 is 0 Å². The van der Waals surface area contributed by atoms with Crippen molar-refractivity contribution >= 4 is 53.4 Å². The van der Waals surface area contributed by atoms with Crippen LogP contribution in [0.15, 0.2) is 21.0 Å². The Balaban J connectivity index is 1.40. The third kappa shape index (κ3) is 4.27. The van der Waals surface area contributed by atoms with Gasteiger partial charge in [0.25, 0.3) is 41.9 Å². The number of urea groups is 1. The van der Waals surface area contributed by atoms with Gasteiger partial charge in [0.15, 0.2) is 6.54 Å². The van der Waals surface area contributed by atoms with Crippen LogP contribution in [-0.2, 0) is 19.8 Å². The van der Waals surface area contributed by atoms with Crippen molar-refractivity contribution in [1.82, 2.24) is 19.6 Å². The lowest BCUT2D eigenvalue weighted by molar-refractivity contribution is -0.519. The number of fused-ring (bicyclic) bond motifs is 2. The molecule has 1 aromatic rings. The van der Waals surface area contributed by atoms with Gasteiger partial charge >= 0.3 is 6.03 Å². The molecule has 0 spiro atoms. The van der Waals surface area contributed by atoms with Crippen LogP contribution >= 0.6 is 0 Å². The largest absolute Gasteiger partial charge is 0.333 e. The van der Waals surface area contributed by atoms with Gasteiger partial charge in [-0.1, -0.05) is 27.2 Å². The molecule has 1 saturated heterocycles. The van der Waals surface area contributed by atoms with E-state index < -0.39 is 23.9 Å². The van der Waals surface area contributed by atoms with E-state index in [-0.39, 0.29) is 35.6 Å². The van der Waals surface area contributed by atoms with Gasteiger partial charge < -0.3 is 5.32 Å². The van der Waals surface area contributed by atoms with Crippen LogP contribution in [0, 0.1) is 5.92 Å². The molecule has 1 saturated carbocycles. The average molecular weight is 509 g/mol. The van der Waals surface area contributed by atoms with Crippen molar-refractivity contribution in [3.8, 4) is 0 Å². The third-order valence-electron chi connectivity index (χ3n) is 6.99. The summed E-state index contributed by atoms with van der Waals surface area (Å²) in [5.41, 5.74) is 1.15. The van der Waals surface area contributed by atoms with Gasteiger partial charge in [-0.15, -0.1) is 0 Å². The molecule has 5 amide bonds. The zero-order valence-electron chi connectivity index (χ0n) is 21.6. The second kappa shape index (κ2) is 8.82. The minimum Gasteiger partial charge on any atom is -0.307 e. The normalized spacial score (nSPS) is 23.8. The molecule has 1 N–H and O–H groups in total. The van der Waals surface area contributed by atoms with E-state index in [1.165, 1.54) is 34.6 Å². The van der Waals surface area contributed by atoms with Crippen molar-refractivity contribution in [3.05, 3.63) is 11.8 Å². The summed E-state index contributed by atoms with van der Waals surface area (Å²) in [5, 5.41) is 7.47. The maximum absolute atomic E-state index is 13.2. The molecule has 2 atom stereocenters. The van der Waals surface area contributed by atoms with Crippen LogP contribution in [0.3, 0.4) is 0 Å². The first-order valence-electron chi connectivity index (χ1n) is 12.3. The van der Waals surface area contributed by atoms with Crippen LogP contribution in [0.1, 0.15) is 52.1 Å². The van der Waals surface area contributed by atoms with Crippen molar-refractivity contribution in [2.24, 2.45) is 20.9 Å². The number of amidine groups is 1. The number of nitrogens with zero attached hydrogens (tertiary/aromatic N) is 8. The number of aliphatic imine (C=N–C) groups is 3. The first-order valence-corrected chi connectivity index (χ1v) is 12.3. The third-order valence-corrected chi connectivity index (χ3v) is 6.99. The van der Waals surface area contributed by atoms with Crippen molar-refractivity contribution in [2.75, 3.05) is 26.0 Å². The number of aromatic nitrogens is 2. The molecule has 37 heavy (non-hydrogen) atoms. The number of imide groups is 1. The van der Waals surface area contributed by atoms with Gasteiger partial charge in [-0.3, -0.25) is 24.2 Å². The zero-order valence-corrected chi connectivity index (χ0v) is 21.6. The summed E-state index contributed by atoms with van der Waals surface area (Å²) in [6.07, 6.45) is 4.81. The lowest BCUT2D eigenvalue weighted by atomic mass is 9.86. The lowest BCUT2D eigenvalue weighted by Crippen LogP contribution is -2.61. The van der Waals surface area contributed by atoms with Gasteiger partial charge in [0.2, 0.25) is 0 Å². The van der Waals surface area contributed by atoms with Crippen LogP contribution in [0.2, 0.25) is 0 Å². The van der Waals surface area contributed by atoms with Gasteiger partial charge in [-0.25, -0.2) is 14.4 Å². The summed E-state index contributed by atoms with van der Waals surface area (Å²) < 4.78 is 2.88. The summed E-state index contributed by atoms with van der Waals surface area (Å²) in [5.74, 6) is -0.684. The number of rotatable bonds is 3. The SMILES string of the molecule is CN1C(=O)C2C(=NC=[N+]2CC(=O)Nc2cc(C(C)(C)C)nn2C2=NC(=O)C3CCCCC3=N2)N(C)C1=O. The molecule has 2 unspecified atom stereocenters. The second-order valence-electron chi connectivity index (χ2n) is 10.7. The molecule has 1 aromatic heterocycles. The average Bonchev–Trinajstić information content (AvgIpc) is 3.46. The van der Waals surface area contributed by atoms with Crippen molar-refractivity contribution in [1.29, 1.82) is 0 Å². The molecular formula is C24H30N9O4+. The summed E-state index contributed by atoms with van der Waals surface area (Å²) in [6, 6.07) is 0.381. The van der Waals surface area contributed by atoms with Crippen LogP contribution in [0.5, 0.6) is 0 Å². The Hall–Kier alpha value is -4.03. The van der Waals surface area contributed by atoms with Gasteiger partial charge in [-0.2, -0.15) is 14.8 Å². The second-order valence-corrected chi connectivity index (χ2v) is 10.7. The molecule has 0 bridgehead atoms. The molecular weight excluding hydrogens is 478 g/mol. The van der Waals surface area contributed by atoms with Crippen LogP contribution in [0.4, 0.5) is 10.6 Å². The predicted molar refractivity (Wildman–Crippen MR) is 135 cm³/mol. The number of hydrogen-bond donors (Lipinski definition) is 1. The zero-order chi connectivity index (χ0) is 26.6. The van der Waals surface area contributed by atoms with Gasteiger partial charge in [0.1, 0.15) is 5.82 Å². The van der Waals surface area contributed by atoms with Gasteiger partial charge in [0.05, 0.1) is 11.6 Å². The topological polar surface area (TPSA) is 145 Å². The standard InChI is InChI=1S/C24H29N9O4/c1-24(2,3)15-10-16(33(29-15)22-26-14-9-7-6-8-13(14)20(35)28-22)27-17(34)11-32-12-25-19-18(32)21(36)31(5)23(37)30(19)4/h10,12-13,18H,6-9,11H2,1-5H3/p+1. The van der Waals surface area contributed by atoms with E-state index in [0.717, 1.165) is 36.3 Å². The molecule has 0 aromatic carbocycles. The number of amides is 5. The Labute approximate surface area is 213 Å². The van der Waals surface area contributed by atoms with E-state index in [0.29, 0.717) is 11.5 Å². The van der Waals surface area contributed by atoms with E-state index in [9.17, 15) is 19.2 Å². The first kappa shape index (κ1) is 24.7. The van der Waals surface area contributed by atoms with Gasteiger partial charge in [0, 0.05) is 31.3 Å². The summed E-state index contributed by atoms with van der Waals surface area (Å²) in [7, 11) is 2.93. The van der Waals surface area contributed by atoms with Crippen LogP contribution < -0.4 is 5.32 Å².